The SMILES string of the molecule is C=C/C=C\CC(OCC#CCOC(=O)C(C)(C)C)c1ccccc1. The first-order valence-corrected chi connectivity index (χ1v) is 8.02. The van der Waals surface area contributed by atoms with Gasteiger partial charge in [0.15, 0.2) is 6.61 Å². The Kier molecular flexibility index (Phi) is 8.60. The number of hydrogen-bond donors (Lipinski definition) is 0. The van der Waals surface area contributed by atoms with Crippen LogP contribution in [0.4, 0.5) is 0 Å². The molecular weight excluding hydrogens is 300 g/mol. The summed E-state index contributed by atoms with van der Waals surface area (Å²) >= 11 is 0. The summed E-state index contributed by atoms with van der Waals surface area (Å²) in [6.07, 6.45) is 6.34. The molecule has 1 aromatic rings. The van der Waals surface area contributed by atoms with E-state index in [9.17, 15) is 4.79 Å². The maximum absolute atomic E-state index is 11.6. The van der Waals surface area contributed by atoms with Gasteiger partial charge < -0.3 is 9.47 Å². The molecule has 0 saturated heterocycles. The first-order valence-electron chi connectivity index (χ1n) is 8.02. The van der Waals surface area contributed by atoms with Gasteiger partial charge in [-0.15, -0.1) is 0 Å². The van der Waals surface area contributed by atoms with E-state index in [1.807, 2.05) is 63.3 Å². The number of carbonyl (C=O) groups is 1. The van der Waals surface area contributed by atoms with E-state index in [4.69, 9.17) is 9.47 Å². The van der Waals surface area contributed by atoms with Crippen LogP contribution in [0.3, 0.4) is 0 Å². The smallest absolute Gasteiger partial charge is 0.312 e. The van der Waals surface area contributed by atoms with Crippen LogP contribution in [0.1, 0.15) is 38.9 Å². The summed E-state index contributed by atoms with van der Waals surface area (Å²) in [6, 6.07) is 10.0. The predicted molar refractivity (Wildman–Crippen MR) is 97.3 cm³/mol. The van der Waals surface area contributed by atoms with E-state index in [0.717, 1.165) is 12.0 Å². The number of carbonyl (C=O) groups excluding carboxylic acids is 1. The normalized spacial score (nSPS) is 12.3. The Bertz CT molecular complexity index is 597. The standard InChI is InChI=1S/C21H26O3/c1-5-6-8-15-19(18-13-9-7-10-14-18)23-16-11-12-17-24-20(22)21(2,3)4/h5-10,13-14,19H,1,15-17H2,2-4H3/b8-6-. The Labute approximate surface area is 145 Å². The van der Waals surface area contributed by atoms with Gasteiger partial charge in [0, 0.05) is 0 Å². The molecule has 1 atom stereocenters. The molecule has 0 saturated carbocycles. The van der Waals surface area contributed by atoms with Crippen LogP contribution in [0.25, 0.3) is 0 Å². The average molecular weight is 326 g/mol. The number of hydrogen-bond acceptors (Lipinski definition) is 3. The van der Waals surface area contributed by atoms with Gasteiger partial charge >= 0.3 is 5.97 Å². The monoisotopic (exact) mass is 326 g/mol. The molecule has 1 unspecified atom stereocenters. The van der Waals surface area contributed by atoms with E-state index in [1.165, 1.54) is 0 Å². The maximum atomic E-state index is 11.6. The van der Waals surface area contributed by atoms with Gasteiger partial charge in [-0.3, -0.25) is 4.79 Å². The molecule has 0 N–H and O–H groups in total. The lowest BCUT2D eigenvalue weighted by Gasteiger charge is -2.15. The van der Waals surface area contributed by atoms with Gasteiger partial charge in [-0.2, -0.15) is 0 Å². The number of ether oxygens (including phenoxy) is 2. The van der Waals surface area contributed by atoms with E-state index in [-0.39, 0.29) is 25.3 Å². The first kappa shape index (κ1) is 19.7. The Morgan fingerprint density at radius 3 is 2.50 bits per heavy atom. The van der Waals surface area contributed by atoms with Gasteiger partial charge in [-0.05, 0) is 32.8 Å². The average Bonchev–Trinajstić information content (AvgIpc) is 2.56. The zero-order chi connectivity index (χ0) is 17.8. The van der Waals surface area contributed by atoms with Crippen molar-refractivity contribution in [3.8, 4) is 11.8 Å². The second-order valence-electron chi connectivity index (χ2n) is 6.29. The minimum absolute atomic E-state index is 0.0613. The van der Waals surface area contributed by atoms with Crippen molar-refractivity contribution in [3.05, 3.63) is 60.7 Å². The van der Waals surface area contributed by atoms with Gasteiger partial charge in [0.1, 0.15) is 6.61 Å². The Morgan fingerprint density at radius 2 is 1.88 bits per heavy atom. The minimum Gasteiger partial charge on any atom is -0.452 e. The van der Waals surface area contributed by atoms with Crippen molar-refractivity contribution in [3.63, 3.8) is 0 Å². The lowest BCUT2D eigenvalue weighted by Crippen LogP contribution is -2.23. The Balaban J connectivity index is 2.49. The topological polar surface area (TPSA) is 35.5 Å². The van der Waals surface area contributed by atoms with E-state index in [1.54, 1.807) is 6.08 Å². The van der Waals surface area contributed by atoms with Gasteiger partial charge in [-0.1, -0.05) is 67.0 Å². The summed E-state index contributed by atoms with van der Waals surface area (Å²) in [6.45, 7) is 9.48. The van der Waals surface area contributed by atoms with Gasteiger partial charge in [0.05, 0.1) is 11.5 Å². The molecule has 128 valence electrons. The molecular formula is C21H26O3. The predicted octanol–water partition coefficient (Wildman–Crippen LogP) is 4.47. The maximum Gasteiger partial charge on any atom is 0.312 e. The second kappa shape index (κ2) is 10.5. The van der Waals surface area contributed by atoms with Crippen LogP contribution in [0.15, 0.2) is 55.1 Å². The summed E-state index contributed by atoms with van der Waals surface area (Å²) in [4.78, 5) is 11.6. The van der Waals surface area contributed by atoms with Crippen LogP contribution in [-0.4, -0.2) is 19.2 Å². The van der Waals surface area contributed by atoms with Crippen LogP contribution in [-0.2, 0) is 14.3 Å². The lowest BCUT2D eigenvalue weighted by atomic mass is 9.97. The minimum atomic E-state index is -0.506. The molecule has 3 nitrogen and oxygen atoms in total. The van der Waals surface area contributed by atoms with Crippen molar-refractivity contribution in [2.75, 3.05) is 13.2 Å². The zero-order valence-electron chi connectivity index (χ0n) is 14.7. The third kappa shape index (κ3) is 7.80. The summed E-state index contributed by atoms with van der Waals surface area (Å²) in [5.41, 5.74) is 0.598. The van der Waals surface area contributed by atoms with Crippen molar-refractivity contribution in [2.24, 2.45) is 5.41 Å². The van der Waals surface area contributed by atoms with Crippen LogP contribution >= 0.6 is 0 Å². The molecule has 3 heteroatoms. The molecule has 0 aliphatic rings. The summed E-state index contributed by atoms with van der Waals surface area (Å²) < 4.78 is 10.9. The van der Waals surface area contributed by atoms with Crippen molar-refractivity contribution in [2.45, 2.75) is 33.3 Å². The molecule has 0 aliphatic heterocycles. The summed E-state index contributed by atoms with van der Waals surface area (Å²) in [7, 11) is 0. The van der Waals surface area contributed by atoms with Gasteiger partial charge in [0.2, 0.25) is 0 Å². The molecule has 0 amide bonds. The first-order chi connectivity index (χ1) is 11.4. The molecule has 1 aromatic carbocycles. The number of rotatable bonds is 7. The van der Waals surface area contributed by atoms with Crippen molar-refractivity contribution >= 4 is 5.97 Å². The molecule has 0 radical (unpaired) electrons. The summed E-state index contributed by atoms with van der Waals surface area (Å²) in [5.74, 6) is 5.44. The molecule has 0 aliphatic carbocycles. The summed E-state index contributed by atoms with van der Waals surface area (Å²) in [5, 5.41) is 0. The van der Waals surface area contributed by atoms with Crippen molar-refractivity contribution in [1.29, 1.82) is 0 Å². The molecule has 0 bridgehead atoms. The van der Waals surface area contributed by atoms with Gasteiger partial charge in [-0.25, -0.2) is 0 Å². The fourth-order valence-corrected chi connectivity index (χ4v) is 1.83. The molecule has 1 rings (SSSR count). The van der Waals surface area contributed by atoms with Crippen molar-refractivity contribution < 1.29 is 14.3 Å². The molecule has 0 spiro atoms. The van der Waals surface area contributed by atoms with Crippen LogP contribution in [0, 0.1) is 17.3 Å². The molecule has 24 heavy (non-hydrogen) atoms. The lowest BCUT2D eigenvalue weighted by molar-refractivity contribution is -0.151. The zero-order valence-corrected chi connectivity index (χ0v) is 14.7. The Morgan fingerprint density at radius 1 is 1.21 bits per heavy atom. The second-order valence-corrected chi connectivity index (χ2v) is 6.29. The van der Waals surface area contributed by atoms with Crippen LogP contribution in [0.2, 0.25) is 0 Å². The molecule has 0 aromatic heterocycles. The van der Waals surface area contributed by atoms with E-state index >= 15 is 0 Å². The molecule has 0 heterocycles. The third-order valence-corrected chi connectivity index (χ3v) is 3.16. The van der Waals surface area contributed by atoms with Crippen LogP contribution in [0.5, 0.6) is 0 Å². The third-order valence-electron chi connectivity index (χ3n) is 3.16. The van der Waals surface area contributed by atoms with Crippen molar-refractivity contribution in [1.82, 2.24) is 0 Å². The molecule has 0 fully saturated rings. The Hall–Kier alpha value is -2.31. The van der Waals surface area contributed by atoms with Crippen LogP contribution < -0.4 is 0 Å². The van der Waals surface area contributed by atoms with E-state index in [2.05, 4.69) is 18.4 Å². The largest absolute Gasteiger partial charge is 0.452 e. The fourth-order valence-electron chi connectivity index (χ4n) is 1.83. The highest BCUT2D eigenvalue weighted by Gasteiger charge is 2.22. The number of allylic oxidation sites excluding steroid dienone is 2. The van der Waals surface area contributed by atoms with E-state index < -0.39 is 5.41 Å². The highest BCUT2D eigenvalue weighted by atomic mass is 16.5. The quantitative estimate of drug-likeness (QED) is 0.421. The highest BCUT2D eigenvalue weighted by Crippen LogP contribution is 2.21. The number of esters is 1. The van der Waals surface area contributed by atoms with E-state index in [0.29, 0.717) is 0 Å². The van der Waals surface area contributed by atoms with Gasteiger partial charge in [0.25, 0.3) is 0 Å². The fraction of sp³-hybridized carbons (Fsp3) is 0.381. The number of benzene rings is 1. The highest BCUT2D eigenvalue weighted by molar-refractivity contribution is 5.75.